The van der Waals surface area contributed by atoms with Crippen LogP contribution in [0.4, 0.5) is 0 Å². The molecule has 2 aliphatic rings. The Morgan fingerprint density at radius 2 is 2.23 bits per heavy atom. The third-order valence-corrected chi connectivity index (χ3v) is 5.10. The fourth-order valence-corrected chi connectivity index (χ4v) is 4.06. The van der Waals surface area contributed by atoms with E-state index in [1.807, 2.05) is 4.90 Å². The maximum Gasteiger partial charge on any atom is 0.347 e. The van der Waals surface area contributed by atoms with E-state index in [2.05, 4.69) is 29.1 Å². The molecule has 0 radical (unpaired) electrons. The molecule has 2 fully saturated rings. The van der Waals surface area contributed by atoms with Crippen LogP contribution in [-0.2, 0) is 0 Å². The average molecular weight is 301 g/mol. The number of aromatic nitrogens is 3. The number of rotatable bonds is 1. The fourth-order valence-electron chi connectivity index (χ4n) is 4.06. The van der Waals surface area contributed by atoms with Crippen LogP contribution in [-0.4, -0.2) is 63.5 Å². The first kappa shape index (κ1) is 13.5. The molecule has 1 amide bonds. The van der Waals surface area contributed by atoms with Crippen LogP contribution in [0.3, 0.4) is 0 Å². The number of carbonyl (C=O) groups excluding carboxylic acids is 1. The Kier molecular flexibility index (Phi) is 2.72. The Morgan fingerprint density at radius 3 is 3.00 bits per heavy atom. The van der Waals surface area contributed by atoms with E-state index in [9.17, 15) is 9.59 Å². The third-order valence-electron chi connectivity index (χ3n) is 5.10. The molecule has 1 N–H and O–H groups in total. The lowest BCUT2D eigenvalue weighted by molar-refractivity contribution is 0.0766. The summed E-state index contributed by atoms with van der Waals surface area (Å²) in [5.41, 5.74) is 0.729. The number of H-pyrrole nitrogens is 1. The Hall–Kier alpha value is -2.15. The van der Waals surface area contributed by atoms with Gasteiger partial charge >= 0.3 is 5.69 Å². The Balaban J connectivity index is 1.67. The molecule has 22 heavy (non-hydrogen) atoms. The number of hydrogen-bond acceptors (Lipinski definition) is 4. The molecule has 0 unspecified atom stereocenters. The van der Waals surface area contributed by atoms with Gasteiger partial charge in [-0.1, -0.05) is 6.92 Å². The van der Waals surface area contributed by atoms with Crippen LogP contribution in [0.15, 0.2) is 23.1 Å². The van der Waals surface area contributed by atoms with E-state index in [-0.39, 0.29) is 17.0 Å². The van der Waals surface area contributed by atoms with E-state index in [1.54, 1.807) is 18.3 Å². The van der Waals surface area contributed by atoms with E-state index in [1.165, 1.54) is 4.40 Å². The summed E-state index contributed by atoms with van der Waals surface area (Å²) in [6.07, 6.45) is 1.62. The molecule has 2 aliphatic heterocycles. The lowest BCUT2D eigenvalue weighted by Gasteiger charge is -2.24. The maximum atomic E-state index is 12.9. The molecule has 2 aromatic rings. The molecular weight excluding hydrogens is 282 g/mol. The second-order valence-electron chi connectivity index (χ2n) is 6.88. The Bertz CT molecular complexity index is 810. The Morgan fingerprint density at radius 1 is 1.41 bits per heavy atom. The van der Waals surface area contributed by atoms with Gasteiger partial charge in [0.2, 0.25) is 0 Å². The molecule has 7 nitrogen and oxygen atoms in total. The van der Waals surface area contributed by atoms with Gasteiger partial charge in [-0.05, 0) is 25.1 Å². The molecule has 4 heterocycles. The summed E-state index contributed by atoms with van der Waals surface area (Å²) in [5, 5.41) is 6.38. The molecule has 2 aromatic heterocycles. The van der Waals surface area contributed by atoms with Gasteiger partial charge in [0.15, 0.2) is 5.65 Å². The van der Waals surface area contributed by atoms with Gasteiger partial charge in [0.25, 0.3) is 5.91 Å². The monoisotopic (exact) mass is 301 g/mol. The second-order valence-corrected chi connectivity index (χ2v) is 6.88. The number of hydrogen-bond donors (Lipinski definition) is 1. The summed E-state index contributed by atoms with van der Waals surface area (Å²) in [6.45, 7) is 5.85. The number of fused-ring (bicyclic) bond motifs is 2. The van der Waals surface area contributed by atoms with Gasteiger partial charge in [-0.15, -0.1) is 0 Å². The van der Waals surface area contributed by atoms with Crippen LogP contribution in [0.2, 0.25) is 0 Å². The summed E-state index contributed by atoms with van der Waals surface area (Å²) >= 11 is 0. The van der Waals surface area contributed by atoms with Crippen molar-refractivity contribution in [2.75, 3.05) is 33.2 Å². The van der Waals surface area contributed by atoms with Gasteiger partial charge in [0, 0.05) is 37.8 Å². The molecule has 0 aliphatic carbocycles. The molecule has 2 saturated heterocycles. The van der Waals surface area contributed by atoms with Gasteiger partial charge in [-0.2, -0.15) is 5.10 Å². The normalized spacial score (nSPS) is 28.5. The summed E-state index contributed by atoms with van der Waals surface area (Å²) in [5.74, 6) is 0.477. The van der Waals surface area contributed by atoms with Gasteiger partial charge < -0.3 is 9.80 Å². The summed E-state index contributed by atoms with van der Waals surface area (Å²) in [6, 6.07) is 3.45. The van der Waals surface area contributed by atoms with Gasteiger partial charge in [-0.25, -0.2) is 14.3 Å². The van der Waals surface area contributed by atoms with Crippen molar-refractivity contribution in [3.63, 3.8) is 0 Å². The van der Waals surface area contributed by atoms with Crippen LogP contribution in [0.25, 0.3) is 5.65 Å². The molecule has 116 valence electrons. The van der Waals surface area contributed by atoms with Crippen LogP contribution in [0, 0.1) is 11.3 Å². The highest BCUT2D eigenvalue weighted by atomic mass is 16.2. The number of nitrogens with zero attached hydrogens (tertiary/aromatic N) is 4. The highest BCUT2D eigenvalue weighted by Crippen LogP contribution is 2.41. The second kappa shape index (κ2) is 4.42. The number of pyridine rings is 1. The smallest absolute Gasteiger partial charge is 0.338 e. The Labute approximate surface area is 127 Å². The fraction of sp³-hybridized carbons (Fsp3) is 0.533. The van der Waals surface area contributed by atoms with E-state index < -0.39 is 0 Å². The number of nitrogens with one attached hydrogen (secondary N) is 1. The topological polar surface area (TPSA) is 73.7 Å². The lowest BCUT2D eigenvalue weighted by atomic mass is 9.83. The molecule has 0 spiro atoms. The standard InChI is InChI=1S/C15H19N5O2/c1-15-8-18(2)6-10(15)7-19(9-15)13(21)11-4-3-5-20-12(11)16-17-14(20)22/h3-5,10H,6-9H2,1-2H3,(H,17,22)/t10-,15+/m1/s1. The molecule has 4 rings (SSSR count). The molecular formula is C15H19N5O2. The number of carbonyl (C=O) groups is 1. The summed E-state index contributed by atoms with van der Waals surface area (Å²) < 4.78 is 1.37. The van der Waals surface area contributed by atoms with Crippen molar-refractivity contribution >= 4 is 11.6 Å². The predicted octanol–water partition coefficient (Wildman–Crippen LogP) is 0.0463. The highest BCUT2D eigenvalue weighted by Gasteiger charge is 2.49. The number of aromatic amines is 1. The molecule has 0 bridgehead atoms. The van der Waals surface area contributed by atoms with Crippen LogP contribution >= 0.6 is 0 Å². The summed E-state index contributed by atoms with van der Waals surface area (Å²) in [4.78, 5) is 28.7. The maximum absolute atomic E-state index is 12.9. The van der Waals surface area contributed by atoms with E-state index in [0.717, 1.165) is 26.2 Å². The highest BCUT2D eigenvalue weighted by molar-refractivity contribution is 5.99. The first-order chi connectivity index (χ1) is 10.5. The third kappa shape index (κ3) is 1.81. The van der Waals surface area contributed by atoms with Crippen LogP contribution in [0.1, 0.15) is 17.3 Å². The molecule has 2 atom stereocenters. The zero-order chi connectivity index (χ0) is 15.5. The van der Waals surface area contributed by atoms with Crippen molar-refractivity contribution in [3.8, 4) is 0 Å². The van der Waals surface area contributed by atoms with Gasteiger partial charge in [0.1, 0.15) is 0 Å². The first-order valence-corrected chi connectivity index (χ1v) is 7.51. The minimum absolute atomic E-state index is 0.0390. The van der Waals surface area contributed by atoms with Crippen molar-refractivity contribution in [2.24, 2.45) is 11.3 Å². The van der Waals surface area contributed by atoms with E-state index in [0.29, 0.717) is 17.1 Å². The minimum atomic E-state index is -0.323. The largest absolute Gasteiger partial charge is 0.347 e. The number of amides is 1. The molecule has 7 heteroatoms. The first-order valence-electron chi connectivity index (χ1n) is 7.51. The van der Waals surface area contributed by atoms with E-state index in [4.69, 9.17) is 0 Å². The summed E-state index contributed by atoms with van der Waals surface area (Å²) in [7, 11) is 2.13. The van der Waals surface area contributed by atoms with Crippen molar-refractivity contribution in [2.45, 2.75) is 6.92 Å². The SMILES string of the molecule is CN1C[C@@H]2CN(C(=O)c3cccn4c(=O)[nH]nc34)C[C@]2(C)C1. The zero-order valence-corrected chi connectivity index (χ0v) is 12.7. The minimum Gasteiger partial charge on any atom is -0.338 e. The van der Waals surface area contributed by atoms with Crippen molar-refractivity contribution in [1.29, 1.82) is 0 Å². The van der Waals surface area contributed by atoms with Crippen molar-refractivity contribution < 1.29 is 4.79 Å². The van der Waals surface area contributed by atoms with Gasteiger partial charge in [-0.3, -0.25) is 4.79 Å². The van der Waals surface area contributed by atoms with Crippen molar-refractivity contribution in [1.82, 2.24) is 24.4 Å². The zero-order valence-electron chi connectivity index (χ0n) is 12.7. The van der Waals surface area contributed by atoms with Gasteiger partial charge in [0.05, 0.1) is 5.56 Å². The average Bonchev–Trinajstić information content (AvgIpc) is 3.07. The molecule has 0 saturated carbocycles. The number of likely N-dealkylation sites (tertiary alicyclic amines) is 2. The van der Waals surface area contributed by atoms with Crippen LogP contribution in [0.5, 0.6) is 0 Å². The lowest BCUT2D eigenvalue weighted by Crippen LogP contribution is -2.35. The van der Waals surface area contributed by atoms with Crippen molar-refractivity contribution in [3.05, 3.63) is 34.4 Å². The van der Waals surface area contributed by atoms with E-state index >= 15 is 0 Å². The quantitative estimate of drug-likeness (QED) is 0.807. The molecule has 0 aromatic carbocycles. The predicted molar refractivity (Wildman–Crippen MR) is 80.8 cm³/mol. The van der Waals surface area contributed by atoms with Crippen LogP contribution < -0.4 is 5.69 Å².